The molecule has 1 atom stereocenters. The van der Waals surface area contributed by atoms with Crippen LogP contribution in [-0.2, 0) is 0 Å². The van der Waals surface area contributed by atoms with Gasteiger partial charge < -0.3 is 10.2 Å². The number of hydrogen-bond donors (Lipinski definition) is 1. The molecule has 0 fully saturated rings. The zero-order valence-corrected chi connectivity index (χ0v) is 13.4. The topological polar surface area (TPSA) is 56.2 Å². The first-order valence-electron chi connectivity index (χ1n) is 6.74. The Labute approximate surface area is 136 Å². The maximum Gasteiger partial charge on any atom is 0.202 e. The zero-order valence-electron chi connectivity index (χ0n) is 11.8. The zero-order chi connectivity index (χ0) is 15.7. The molecule has 2 N–H and O–H groups in total. The van der Waals surface area contributed by atoms with E-state index in [9.17, 15) is 4.79 Å². The minimum Gasteiger partial charge on any atom is -0.449 e. The van der Waals surface area contributed by atoms with Crippen LogP contribution in [0.4, 0.5) is 0 Å². The molecule has 1 aliphatic rings. The van der Waals surface area contributed by atoms with Crippen LogP contribution in [0.15, 0.2) is 49.8 Å². The van der Waals surface area contributed by atoms with Crippen LogP contribution in [0.5, 0.6) is 0 Å². The highest BCUT2D eigenvalue weighted by Gasteiger charge is 2.21. The van der Waals surface area contributed by atoms with E-state index in [-0.39, 0.29) is 5.43 Å². The number of benzene rings is 1. The van der Waals surface area contributed by atoms with Gasteiger partial charge in [0.15, 0.2) is 5.76 Å². The number of allylic oxidation sites excluding steroid dienone is 1. The fourth-order valence-electron chi connectivity index (χ4n) is 2.27. The molecule has 0 unspecified atom stereocenters. The molecule has 2 aromatic rings. The summed E-state index contributed by atoms with van der Waals surface area (Å²) in [7, 11) is 0. The van der Waals surface area contributed by atoms with Crippen molar-refractivity contribution >= 4 is 22.0 Å². The minimum atomic E-state index is -0.418. The van der Waals surface area contributed by atoms with Crippen LogP contribution in [0.2, 0.25) is 0 Å². The lowest BCUT2D eigenvalue weighted by Crippen LogP contribution is -2.17. The molecule has 0 aliphatic heterocycles. The van der Waals surface area contributed by atoms with Crippen molar-refractivity contribution in [3.05, 3.63) is 67.9 Å². The lowest BCUT2D eigenvalue weighted by molar-refractivity contribution is 0.454. The normalized spacial score (nSPS) is 13.5. The third-order valence-corrected chi connectivity index (χ3v) is 3.71. The molecule has 108 valence electrons. The summed E-state index contributed by atoms with van der Waals surface area (Å²) in [4.78, 5) is 12.9. The van der Waals surface area contributed by atoms with Crippen LogP contribution in [0, 0.1) is 11.8 Å². The minimum absolute atomic E-state index is 0.149. The summed E-state index contributed by atoms with van der Waals surface area (Å²) in [6.07, 6.45) is 1.58. The molecular formula is C18H12BrNO2. The Balaban J connectivity index is 2.39. The average Bonchev–Trinajstić information content (AvgIpc) is 2.70. The molecule has 22 heavy (non-hydrogen) atoms. The van der Waals surface area contributed by atoms with Gasteiger partial charge in [-0.1, -0.05) is 36.1 Å². The number of rotatable bonds is 2. The summed E-state index contributed by atoms with van der Waals surface area (Å²) in [5.41, 5.74) is 10.4. The Bertz CT molecular complexity index is 921. The predicted octanol–water partition coefficient (Wildman–Crippen LogP) is 3.58. The van der Waals surface area contributed by atoms with Crippen LogP contribution in [0.3, 0.4) is 0 Å². The fraction of sp³-hybridized carbons (Fsp3) is 0.111. The fourth-order valence-corrected chi connectivity index (χ4v) is 2.49. The van der Waals surface area contributed by atoms with Gasteiger partial charge in [-0.25, -0.2) is 0 Å². The van der Waals surface area contributed by atoms with E-state index in [1.54, 1.807) is 13.0 Å². The third-order valence-electron chi connectivity index (χ3n) is 3.28. The van der Waals surface area contributed by atoms with Gasteiger partial charge in [0.05, 0.1) is 17.2 Å². The molecule has 0 bridgehead atoms. The Morgan fingerprint density at radius 1 is 1.23 bits per heavy atom. The Morgan fingerprint density at radius 3 is 2.64 bits per heavy atom. The summed E-state index contributed by atoms with van der Waals surface area (Å²) in [5, 5.41) is 0. The lowest BCUT2D eigenvalue weighted by atomic mass is 9.98. The molecule has 4 heteroatoms. The van der Waals surface area contributed by atoms with E-state index in [1.807, 2.05) is 30.3 Å². The molecule has 0 amide bonds. The van der Waals surface area contributed by atoms with Gasteiger partial charge in [-0.05, 0) is 46.3 Å². The first-order valence-corrected chi connectivity index (χ1v) is 7.53. The second kappa shape index (κ2) is 5.82. The van der Waals surface area contributed by atoms with Gasteiger partial charge in [-0.3, -0.25) is 4.79 Å². The standard InChI is InChI=1S/C18H12BrNO2/c1-11(20)18-16(12-5-3-2-4-6-12)17(21)14-9-7-13(19)8-10-15(14)22-18/h2-6,9,11H,20H2,1H3/t11-/m1/s1. The number of hydrogen-bond acceptors (Lipinski definition) is 3. The average molecular weight is 354 g/mol. The van der Waals surface area contributed by atoms with Gasteiger partial charge in [-0.2, -0.15) is 0 Å². The van der Waals surface area contributed by atoms with Gasteiger partial charge in [-0.15, -0.1) is 0 Å². The molecule has 0 radical (unpaired) electrons. The molecule has 0 saturated heterocycles. The number of fused-ring (bicyclic) bond motifs is 1. The van der Waals surface area contributed by atoms with E-state index in [0.717, 1.165) is 5.56 Å². The summed E-state index contributed by atoms with van der Waals surface area (Å²) in [6, 6.07) is 8.95. The molecular weight excluding hydrogens is 342 g/mol. The second-order valence-corrected chi connectivity index (χ2v) is 5.71. The van der Waals surface area contributed by atoms with E-state index in [0.29, 0.717) is 27.1 Å². The van der Waals surface area contributed by atoms with Gasteiger partial charge >= 0.3 is 0 Å². The van der Waals surface area contributed by atoms with Crippen molar-refractivity contribution in [2.24, 2.45) is 5.73 Å². The van der Waals surface area contributed by atoms with Gasteiger partial charge in [0.2, 0.25) is 5.43 Å². The summed E-state index contributed by atoms with van der Waals surface area (Å²) < 4.78 is 6.42. The van der Waals surface area contributed by atoms with Gasteiger partial charge in [0.1, 0.15) is 10.2 Å². The van der Waals surface area contributed by atoms with Gasteiger partial charge in [0.25, 0.3) is 0 Å². The summed E-state index contributed by atoms with van der Waals surface area (Å²) in [6.45, 7) is 1.78. The SMILES string of the molecule is C[C@@H](N)c1oc2c(c(=O)c1-c1ccccc1)C=C=C(Br)C#C2. The van der Waals surface area contributed by atoms with Crippen molar-refractivity contribution in [1.82, 2.24) is 0 Å². The van der Waals surface area contributed by atoms with Crippen LogP contribution in [-0.4, -0.2) is 0 Å². The van der Waals surface area contributed by atoms with Crippen molar-refractivity contribution in [3.63, 3.8) is 0 Å². The smallest absolute Gasteiger partial charge is 0.202 e. The monoisotopic (exact) mass is 353 g/mol. The Hall–Kier alpha value is -2.31. The summed E-state index contributed by atoms with van der Waals surface area (Å²) >= 11 is 3.26. The molecule has 0 spiro atoms. The van der Waals surface area contributed by atoms with E-state index < -0.39 is 6.04 Å². The van der Waals surface area contributed by atoms with Gasteiger partial charge in [0, 0.05) is 0 Å². The summed E-state index contributed by atoms with van der Waals surface area (Å²) in [5.74, 6) is 6.42. The number of halogens is 1. The lowest BCUT2D eigenvalue weighted by Gasteiger charge is -2.13. The second-order valence-electron chi connectivity index (χ2n) is 4.92. The maximum atomic E-state index is 12.9. The molecule has 1 aliphatic carbocycles. The van der Waals surface area contributed by atoms with Crippen LogP contribution in [0.25, 0.3) is 17.2 Å². The Morgan fingerprint density at radius 2 is 1.95 bits per heavy atom. The van der Waals surface area contributed by atoms with Crippen molar-refractivity contribution in [3.8, 4) is 23.0 Å². The predicted molar refractivity (Wildman–Crippen MR) is 90.3 cm³/mol. The van der Waals surface area contributed by atoms with E-state index in [2.05, 4.69) is 33.5 Å². The largest absolute Gasteiger partial charge is 0.449 e. The van der Waals surface area contributed by atoms with Crippen molar-refractivity contribution in [1.29, 1.82) is 0 Å². The van der Waals surface area contributed by atoms with Crippen molar-refractivity contribution < 1.29 is 4.42 Å². The highest BCUT2D eigenvalue weighted by Crippen LogP contribution is 2.27. The van der Waals surface area contributed by atoms with Crippen LogP contribution < -0.4 is 11.2 Å². The van der Waals surface area contributed by atoms with Crippen LogP contribution in [0.1, 0.15) is 30.0 Å². The number of nitrogens with two attached hydrogens (primary N) is 1. The van der Waals surface area contributed by atoms with Crippen LogP contribution >= 0.6 is 15.9 Å². The molecule has 0 saturated carbocycles. The first-order chi connectivity index (χ1) is 10.6. The quantitative estimate of drug-likeness (QED) is 0.663. The molecule has 1 aromatic heterocycles. The third kappa shape index (κ3) is 2.58. The highest BCUT2D eigenvalue weighted by molar-refractivity contribution is 9.12. The molecule has 3 nitrogen and oxygen atoms in total. The highest BCUT2D eigenvalue weighted by atomic mass is 79.9. The molecule has 3 rings (SSSR count). The molecule has 1 aromatic carbocycles. The van der Waals surface area contributed by atoms with E-state index in [4.69, 9.17) is 10.2 Å². The first kappa shape index (κ1) is 14.6. The van der Waals surface area contributed by atoms with E-state index in [1.165, 1.54) is 0 Å². The van der Waals surface area contributed by atoms with E-state index >= 15 is 0 Å². The molecule has 1 heterocycles. The Kier molecular flexibility index (Phi) is 3.87. The maximum absolute atomic E-state index is 12.9. The van der Waals surface area contributed by atoms with Crippen molar-refractivity contribution in [2.75, 3.05) is 0 Å². The van der Waals surface area contributed by atoms with Crippen molar-refractivity contribution in [2.45, 2.75) is 13.0 Å².